The molecule has 210 valence electrons. The summed E-state index contributed by atoms with van der Waals surface area (Å²) in [7, 11) is -3.43. The van der Waals surface area contributed by atoms with E-state index < -0.39 is 27.4 Å². The number of aromatic nitrogens is 2. The molecule has 39 heavy (non-hydrogen) atoms. The number of nitrogens with zero attached hydrogens (tertiary/aromatic N) is 3. The Morgan fingerprint density at radius 1 is 1.05 bits per heavy atom. The third kappa shape index (κ3) is 6.14. The van der Waals surface area contributed by atoms with E-state index in [0.29, 0.717) is 42.3 Å². The van der Waals surface area contributed by atoms with E-state index >= 15 is 0 Å². The molecule has 0 radical (unpaired) electrons. The third-order valence-electron chi connectivity index (χ3n) is 7.72. The highest BCUT2D eigenvalue weighted by atomic mass is 32.2. The SMILES string of the molecule is CCCS(=O)(=O)c1ccc2nc(CC(=O)c3cc(N4CCC(N5CCCC5)CC4)cc(C(F)(F)F)c3)[nH]c2c1. The lowest BCUT2D eigenvalue weighted by molar-refractivity contribution is -0.137. The van der Waals surface area contributed by atoms with Crippen molar-refractivity contribution in [3.8, 4) is 0 Å². The molecule has 0 aliphatic carbocycles. The molecule has 1 aromatic heterocycles. The van der Waals surface area contributed by atoms with Gasteiger partial charge in [0.2, 0.25) is 0 Å². The van der Waals surface area contributed by atoms with Crippen molar-refractivity contribution in [1.29, 1.82) is 0 Å². The number of piperidine rings is 1. The van der Waals surface area contributed by atoms with E-state index in [4.69, 9.17) is 0 Å². The summed E-state index contributed by atoms with van der Waals surface area (Å²) < 4.78 is 66.2. The number of imidazole rings is 1. The summed E-state index contributed by atoms with van der Waals surface area (Å²) in [5.74, 6) is -0.205. The molecule has 11 heteroatoms. The summed E-state index contributed by atoms with van der Waals surface area (Å²) in [6.07, 6.45) is -0.170. The Bertz CT molecular complexity index is 1450. The van der Waals surface area contributed by atoms with Gasteiger partial charge in [-0.05, 0) is 81.6 Å². The predicted molar refractivity (Wildman–Crippen MR) is 144 cm³/mol. The van der Waals surface area contributed by atoms with Crippen molar-refractivity contribution in [1.82, 2.24) is 14.9 Å². The first kappa shape index (κ1) is 27.6. The van der Waals surface area contributed by atoms with Gasteiger partial charge in [-0.1, -0.05) is 6.92 Å². The maximum absolute atomic E-state index is 13.8. The molecule has 0 saturated carbocycles. The van der Waals surface area contributed by atoms with Gasteiger partial charge in [0.1, 0.15) is 5.82 Å². The van der Waals surface area contributed by atoms with Crippen LogP contribution in [0.3, 0.4) is 0 Å². The predicted octanol–water partition coefficient (Wildman–Crippen LogP) is 5.26. The van der Waals surface area contributed by atoms with Crippen molar-refractivity contribution in [2.75, 3.05) is 36.8 Å². The Morgan fingerprint density at radius 3 is 2.44 bits per heavy atom. The number of carbonyl (C=O) groups is 1. The van der Waals surface area contributed by atoms with Crippen molar-refractivity contribution in [3.05, 3.63) is 53.3 Å². The highest BCUT2D eigenvalue weighted by Gasteiger charge is 2.33. The summed E-state index contributed by atoms with van der Waals surface area (Å²) in [6.45, 7) is 5.24. The number of anilines is 1. The number of ketones is 1. The number of nitrogens with one attached hydrogen (secondary N) is 1. The molecule has 3 heterocycles. The fourth-order valence-electron chi connectivity index (χ4n) is 5.67. The number of carbonyl (C=O) groups excluding carboxylic acids is 1. The molecule has 2 fully saturated rings. The van der Waals surface area contributed by atoms with E-state index in [-0.39, 0.29) is 28.5 Å². The average molecular weight is 563 g/mol. The molecule has 0 unspecified atom stereocenters. The van der Waals surface area contributed by atoms with E-state index in [0.717, 1.165) is 38.1 Å². The maximum atomic E-state index is 13.8. The van der Waals surface area contributed by atoms with Crippen LogP contribution in [0.15, 0.2) is 41.3 Å². The van der Waals surface area contributed by atoms with Crippen molar-refractivity contribution in [2.45, 2.75) is 62.6 Å². The van der Waals surface area contributed by atoms with Gasteiger partial charge >= 0.3 is 6.18 Å². The quantitative estimate of drug-likeness (QED) is 0.377. The molecule has 2 aliphatic rings. The Balaban J connectivity index is 1.36. The molecule has 3 aromatic rings. The second kappa shape index (κ2) is 10.9. The molecule has 0 amide bonds. The number of hydrogen-bond acceptors (Lipinski definition) is 6. The number of likely N-dealkylation sites (tertiary alicyclic amines) is 1. The standard InChI is InChI=1S/C28H33F3N4O3S/c1-2-13-39(37,38)23-5-6-24-25(17-23)33-27(32-24)18-26(36)19-14-20(28(29,30)31)16-22(15-19)35-11-7-21(8-12-35)34-9-3-4-10-34/h5-6,14-17,21H,2-4,7-13,18H2,1H3,(H,32,33). The first-order chi connectivity index (χ1) is 18.5. The number of H-pyrrole nitrogens is 1. The number of Topliss-reactive ketones (excluding diaryl/α,β-unsaturated/α-hetero) is 1. The van der Waals surface area contributed by atoms with Gasteiger partial charge in [0.05, 0.1) is 33.7 Å². The van der Waals surface area contributed by atoms with Crippen LogP contribution < -0.4 is 4.90 Å². The van der Waals surface area contributed by atoms with Gasteiger partial charge in [0.25, 0.3) is 0 Å². The topological polar surface area (TPSA) is 86.4 Å². The molecular weight excluding hydrogens is 529 g/mol. The fourth-order valence-corrected chi connectivity index (χ4v) is 7.02. The maximum Gasteiger partial charge on any atom is 0.416 e. The van der Waals surface area contributed by atoms with Crippen LogP contribution in [0.2, 0.25) is 0 Å². The van der Waals surface area contributed by atoms with Crippen LogP contribution in [0.1, 0.15) is 60.8 Å². The second-order valence-corrected chi connectivity index (χ2v) is 12.6. The molecule has 2 aromatic carbocycles. The van der Waals surface area contributed by atoms with Gasteiger partial charge in [-0.2, -0.15) is 13.2 Å². The van der Waals surface area contributed by atoms with Gasteiger partial charge in [-0.25, -0.2) is 13.4 Å². The van der Waals surface area contributed by atoms with Crippen LogP contribution in [0, 0.1) is 0 Å². The summed E-state index contributed by atoms with van der Waals surface area (Å²) in [6, 6.07) is 8.57. The van der Waals surface area contributed by atoms with Crippen LogP contribution in [0.5, 0.6) is 0 Å². The lowest BCUT2D eigenvalue weighted by atomic mass is 9.99. The van der Waals surface area contributed by atoms with E-state index in [1.165, 1.54) is 25.0 Å². The average Bonchev–Trinajstić information content (AvgIpc) is 3.57. The van der Waals surface area contributed by atoms with Crippen LogP contribution in [0.4, 0.5) is 18.9 Å². The van der Waals surface area contributed by atoms with Crippen molar-refractivity contribution < 1.29 is 26.4 Å². The molecule has 1 N–H and O–H groups in total. The normalized spacial score (nSPS) is 17.8. The zero-order valence-corrected chi connectivity index (χ0v) is 22.7. The van der Waals surface area contributed by atoms with E-state index in [1.807, 2.05) is 4.90 Å². The number of benzene rings is 2. The molecule has 0 bridgehead atoms. The minimum atomic E-state index is -4.58. The van der Waals surface area contributed by atoms with Crippen molar-refractivity contribution >= 4 is 32.3 Å². The number of sulfone groups is 1. The highest BCUT2D eigenvalue weighted by Crippen LogP contribution is 2.35. The summed E-state index contributed by atoms with van der Waals surface area (Å²) in [5.41, 5.74) is 0.483. The first-order valence-corrected chi connectivity index (χ1v) is 15.1. The zero-order chi connectivity index (χ0) is 27.8. The van der Waals surface area contributed by atoms with Gasteiger partial charge in [0, 0.05) is 30.4 Å². The Morgan fingerprint density at radius 2 is 1.77 bits per heavy atom. The van der Waals surface area contributed by atoms with Gasteiger partial charge < -0.3 is 14.8 Å². The summed E-state index contributed by atoms with van der Waals surface area (Å²) >= 11 is 0. The number of aromatic amines is 1. The van der Waals surface area contributed by atoms with Gasteiger partial charge in [-0.15, -0.1) is 0 Å². The zero-order valence-electron chi connectivity index (χ0n) is 21.9. The molecule has 2 aliphatic heterocycles. The monoisotopic (exact) mass is 562 g/mol. The lowest BCUT2D eigenvalue weighted by Crippen LogP contribution is -2.44. The number of fused-ring (bicyclic) bond motifs is 1. The highest BCUT2D eigenvalue weighted by molar-refractivity contribution is 7.91. The van der Waals surface area contributed by atoms with E-state index in [1.54, 1.807) is 19.1 Å². The lowest BCUT2D eigenvalue weighted by Gasteiger charge is -2.38. The number of alkyl halides is 3. The molecule has 7 nitrogen and oxygen atoms in total. The Hall–Kier alpha value is -2.92. The molecule has 2 saturated heterocycles. The first-order valence-electron chi connectivity index (χ1n) is 13.5. The number of halogens is 3. The Kier molecular flexibility index (Phi) is 7.74. The molecule has 0 atom stereocenters. The minimum absolute atomic E-state index is 0.0196. The second-order valence-electron chi connectivity index (χ2n) is 10.5. The smallest absolute Gasteiger partial charge is 0.371 e. The summed E-state index contributed by atoms with van der Waals surface area (Å²) in [4.78, 5) is 25.1. The molecular formula is C28H33F3N4O3S. The number of hydrogen-bond donors (Lipinski definition) is 1. The van der Waals surface area contributed by atoms with Crippen LogP contribution >= 0.6 is 0 Å². The van der Waals surface area contributed by atoms with Crippen molar-refractivity contribution in [2.24, 2.45) is 0 Å². The van der Waals surface area contributed by atoms with E-state index in [9.17, 15) is 26.4 Å². The molecule has 5 rings (SSSR count). The van der Waals surface area contributed by atoms with E-state index in [2.05, 4.69) is 14.9 Å². The van der Waals surface area contributed by atoms with Crippen LogP contribution in [-0.4, -0.2) is 67.0 Å². The minimum Gasteiger partial charge on any atom is -0.371 e. The third-order valence-corrected chi connectivity index (χ3v) is 9.63. The fraction of sp³-hybridized carbons (Fsp3) is 0.500. The van der Waals surface area contributed by atoms with Crippen molar-refractivity contribution in [3.63, 3.8) is 0 Å². The Labute approximate surface area is 226 Å². The molecule has 0 spiro atoms. The van der Waals surface area contributed by atoms with Gasteiger partial charge in [0.15, 0.2) is 15.6 Å². The van der Waals surface area contributed by atoms with Gasteiger partial charge in [-0.3, -0.25) is 4.79 Å². The van der Waals surface area contributed by atoms with Crippen LogP contribution in [0.25, 0.3) is 11.0 Å². The largest absolute Gasteiger partial charge is 0.416 e. The van der Waals surface area contributed by atoms with Crippen LogP contribution in [-0.2, 0) is 22.4 Å². The number of rotatable bonds is 8. The summed E-state index contributed by atoms with van der Waals surface area (Å²) in [5, 5.41) is 0.